The Bertz CT molecular complexity index is 234. The van der Waals surface area contributed by atoms with Gasteiger partial charge in [0.15, 0.2) is 0 Å². The van der Waals surface area contributed by atoms with Gasteiger partial charge in [0.1, 0.15) is 0 Å². The molecule has 0 fully saturated rings. The summed E-state index contributed by atoms with van der Waals surface area (Å²) in [6, 6.07) is 0. The van der Waals surface area contributed by atoms with Gasteiger partial charge >= 0.3 is 11.9 Å². The van der Waals surface area contributed by atoms with Gasteiger partial charge in [0.2, 0.25) is 5.78 Å². The maximum atomic E-state index is 11.0. The Kier molecular flexibility index (Phi) is 7.23. The van der Waals surface area contributed by atoms with Crippen molar-refractivity contribution in [2.24, 2.45) is 0 Å². The van der Waals surface area contributed by atoms with Crippen molar-refractivity contribution in [3.05, 3.63) is 0 Å². The first-order valence-corrected chi connectivity index (χ1v) is 4.79. The van der Waals surface area contributed by atoms with Crippen LogP contribution in [0.1, 0.15) is 32.1 Å². The molecule has 5 heteroatoms. The number of carbonyl (C=O) groups is 3. The van der Waals surface area contributed by atoms with E-state index >= 15 is 0 Å². The van der Waals surface area contributed by atoms with Crippen LogP contribution in [0, 0.1) is 0 Å². The van der Waals surface area contributed by atoms with Gasteiger partial charge in [0.05, 0.1) is 14.2 Å². The number of esters is 2. The summed E-state index contributed by atoms with van der Waals surface area (Å²) in [5.74, 6) is -1.58. The van der Waals surface area contributed by atoms with Gasteiger partial charge < -0.3 is 9.47 Å². The molecule has 0 N–H and O–H groups in total. The third-order valence-electron chi connectivity index (χ3n) is 1.93. The number of unbranched alkanes of at least 4 members (excludes halogenated alkanes) is 2. The minimum atomic E-state index is -0.803. The summed E-state index contributed by atoms with van der Waals surface area (Å²) in [6.07, 6.45) is 2.50. The van der Waals surface area contributed by atoms with E-state index < -0.39 is 11.8 Å². The van der Waals surface area contributed by atoms with E-state index in [4.69, 9.17) is 0 Å². The smallest absolute Gasteiger partial charge is 0.374 e. The maximum absolute atomic E-state index is 11.0. The van der Waals surface area contributed by atoms with Crippen LogP contribution >= 0.6 is 0 Å². The lowest BCUT2D eigenvalue weighted by molar-refractivity contribution is -0.151. The summed E-state index contributed by atoms with van der Waals surface area (Å²) in [6.45, 7) is 0. The lowest BCUT2D eigenvalue weighted by Gasteiger charge is -2.00. The molecule has 0 aliphatic rings. The summed E-state index contributed by atoms with van der Waals surface area (Å²) in [5.41, 5.74) is 0. The van der Waals surface area contributed by atoms with Crippen LogP contribution in [0.15, 0.2) is 0 Å². The molecule has 0 spiro atoms. The Morgan fingerprint density at radius 3 is 2.00 bits per heavy atom. The second-order valence-corrected chi connectivity index (χ2v) is 3.05. The second-order valence-electron chi connectivity index (χ2n) is 3.05. The molecule has 0 bridgehead atoms. The number of carbonyl (C=O) groups excluding carboxylic acids is 3. The molecular formula is C10H16O5. The normalized spacial score (nSPS) is 9.47. The van der Waals surface area contributed by atoms with E-state index in [-0.39, 0.29) is 12.4 Å². The Morgan fingerprint density at radius 2 is 1.47 bits per heavy atom. The SMILES string of the molecule is COC(=O)CCCCCC(=O)C(=O)OC. The first-order valence-electron chi connectivity index (χ1n) is 4.79. The monoisotopic (exact) mass is 216 g/mol. The molecular weight excluding hydrogens is 200 g/mol. The molecule has 0 unspecified atom stereocenters. The van der Waals surface area contributed by atoms with Crippen molar-refractivity contribution in [1.82, 2.24) is 0 Å². The van der Waals surface area contributed by atoms with Crippen molar-refractivity contribution >= 4 is 17.7 Å². The molecule has 0 amide bonds. The van der Waals surface area contributed by atoms with Crippen LogP contribution in [0.2, 0.25) is 0 Å². The second kappa shape index (κ2) is 7.96. The van der Waals surface area contributed by atoms with E-state index in [1.165, 1.54) is 14.2 Å². The van der Waals surface area contributed by atoms with Crippen LogP contribution in [-0.4, -0.2) is 31.9 Å². The highest BCUT2D eigenvalue weighted by atomic mass is 16.5. The predicted molar refractivity (Wildman–Crippen MR) is 52.1 cm³/mol. The fourth-order valence-corrected chi connectivity index (χ4v) is 1.05. The van der Waals surface area contributed by atoms with Crippen LogP contribution in [0.5, 0.6) is 0 Å². The highest BCUT2D eigenvalue weighted by molar-refractivity contribution is 6.33. The number of Topliss-reactive ketones (excluding diaryl/α,β-unsaturated/α-hetero) is 1. The number of hydrogen-bond acceptors (Lipinski definition) is 5. The van der Waals surface area contributed by atoms with Gasteiger partial charge in [0, 0.05) is 12.8 Å². The van der Waals surface area contributed by atoms with Gasteiger partial charge in [-0.05, 0) is 12.8 Å². The van der Waals surface area contributed by atoms with Crippen LogP contribution in [0.4, 0.5) is 0 Å². The van der Waals surface area contributed by atoms with Crippen molar-refractivity contribution < 1.29 is 23.9 Å². The van der Waals surface area contributed by atoms with Gasteiger partial charge in [-0.3, -0.25) is 9.59 Å². The fourth-order valence-electron chi connectivity index (χ4n) is 1.05. The minimum absolute atomic E-state index is 0.174. The van der Waals surface area contributed by atoms with E-state index in [1.807, 2.05) is 0 Å². The number of rotatable bonds is 7. The Hall–Kier alpha value is -1.39. The molecule has 0 aliphatic heterocycles. The van der Waals surface area contributed by atoms with Crippen molar-refractivity contribution in [2.75, 3.05) is 14.2 Å². The van der Waals surface area contributed by atoms with Crippen molar-refractivity contribution in [2.45, 2.75) is 32.1 Å². The Balaban J connectivity index is 3.43. The molecule has 5 nitrogen and oxygen atoms in total. The topological polar surface area (TPSA) is 69.7 Å². The zero-order valence-electron chi connectivity index (χ0n) is 9.08. The summed E-state index contributed by atoms with van der Waals surface area (Å²) in [5, 5.41) is 0. The zero-order valence-corrected chi connectivity index (χ0v) is 9.08. The zero-order chi connectivity index (χ0) is 11.7. The van der Waals surface area contributed by atoms with Crippen molar-refractivity contribution in [3.63, 3.8) is 0 Å². The van der Waals surface area contributed by atoms with Gasteiger partial charge in [-0.2, -0.15) is 0 Å². The van der Waals surface area contributed by atoms with E-state index in [0.29, 0.717) is 19.3 Å². The molecule has 0 saturated heterocycles. The highest BCUT2D eigenvalue weighted by Gasteiger charge is 2.12. The van der Waals surface area contributed by atoms with E-state index in [0.717, 1.165) is 6.42 Å². The molecule has 0 radical (unpaired) electrons. The third-order valence-corrected chi connectivity index (χ3v) is 1.93. The average molecular weight is 216 g/mol. The number of ketones is 1. The minimum Gasteiger partial charge on any atom is -0.469 e. The third kappa shape index (κ3) is 6.65. The number of hydrogen-bond donors (Lipinski definition) is 0. The molecule has 0 saturated carbocycles. The summed E-state index contributed by atoms with van der Waals surface area (Å²) in [7, 11) is 2.51. The predicted octanol–water partition coefficient (Wildman–Crippen LogP) is 0.852. The number of methoxy groups -OCH3 is 2. The Labute approximate surface area is 88.7 Å². The van der Waals surface area contributed by atoms with Crippen molar-refractivity contribution in [1.29, 1.82) is 0 Å². The number of ether oxygens (including phenoxy) is 2. The summed E-state index contributed by atoms with van der Waals surface area (Å²) < 4.78 is 8.72. The van der Waals surface area contributed by atoms with Gasteiger partial charge in [-0.25, -0.2) is 4.79 Å². The molecule has 0 aromatic heterocycles. The molecule has 0 aliphatic carbocycles. The molecule has 0 aromatic rings. The molecule has 0 atom stereocenters. The quantitative estimate of drug-likeness (QED) is 0.358. The van der Waals surface area contributed by atoms with Crippen LogP contribution < -0.4 is 0 Å². The van der Waals surface area contributed by atoms with E-state index in [1.54, 1.807) is 0 Å². The first kappa shape index (κ1) is 13.6. The largest absolute Gasteiger partial charge is 0.469 e. The van der Waals surface area contributed by atoms with Gasteiger partial charge in [-0.15, -0.1) is 0 Å². The van der Waals surface area contributed by atoms with Gasteiger partial charge in [0.25, 0.3) is 0 Å². The standard InChI is InChI=1S/C10H16O5/c1-14-9(12)7-5-3-4-6-8(11)10(13)15-2/h3-7H2,1-2H3. The van der Waals surface area contributed by atoms with Crippen LogP contribution in [0.25, 0.3) is 0 Å². The molecule has 0 aromatic carbocycles. The molecule has 0 rings (SSSR count). The van der Waals surface area contributed by atoms with E-state index in [2.05, 4.69) is 9.47 Å². The van der Waals surface area contributed by atoms with Crippen LogP contribution in [0.3, 0.4) is 0 Å². The Morgan fingerprint density at radius 1 is 0.867 bits per heavy atom. The van der Waals surface area contributed by atoms with E-state index in [9.17, 15) is 14.4 Å². The highest BCUT2D eigenvalue weighted by Crippen LogP contribution is 2.04. The van der Waals surface area contributed by atoms with Gasteiger partial charge in [-0.1, -0.05) is 6.42 Å². The fraction of sp³-hybridized carbons (Fsp3) is 0.700. The van der Waals surface area contributed by atoms with Crippen LogP contribution in [-0.2, 0) is 23.9 Å². The van der Waals surface area contributed by atoms with Crippen molar-refractivity contribution in [3.8, 4) is 0 Å². The summed E-state index contributed by atoms with van der Waals surface area (Å²) in [4.78, 5) is 32.3. The lowest BCUT2D eigenvalue weighted by Crippen LogP contribution is -2.14. The molecule has 15 heavy (non-hydrogen) atoms. The average Bonchev–Trinajstić information content (AvgIpc) is 2.26. The molecule has 0 heterocycles. The summed E-state index contributed by atoms with van der Waals surface area (Å²) >= 11 is 0. The lowest BCUT2D eigenvalue weighted by atomic mass is 10.1. The first-order chi connectivity index (χ1) is 7.11. The maximum Gasteiger partial charge on any atom is 0.374 e. The molecule has 86 valence electrons.